The number of ether oxygens (including phenoxy) is 2. The molecular formula is C32H39N3O3. The van der Waals surface area contributed by atoms with Crippen molar-refractivity contribution in [3.05, 3.63) is 89.7 Å². The molecule has 0 spiro atoms. The predicted octanol–water partition coefficient (Wildman–Crippen LogP) is 6.42. The van der Waals surface area contributed by atoms with E-state index in [1.807, 2.05) is 36.4 Å². The fraction of sp³-hybridized carbons (Fsp3) is 0.375. The topological polar surface area (TPSA) is 65.4 Å². The molecule has 0 saturated heterocycles. The fourth-order valence-corrected chi connectivity index (χ4v) is 4.61. The first-order chi connectivity index (χ1) is 18.6. The van der Waals surface area contributed by atoms with Crippen molar-refractivity contribution >= 4 is 16.9 Å². The van der Waals surface area contributed by atoms with E-state index in [-0.39, 0.29) is 12.5 Å². The minimum Gasteiger partial charge on any atom is -0.493 e. The van der Waals surface area contributed by atoms with Crippen molar-refractivity contribution in [1.82, 2.24) is 14.9 Å². The van der Waals surface area contributed by atoms with Crippen LogP contribution in [-0.2, 0) is 17.8 Å². The van der Waals surface area contributed by atoms with Gasteiger partial charge in [0.1, 0.15) is 17.3 Å². The van der Waals surface area contributed by atoms with Gasteiger partial charge in [-0.05, 0) is 75.4 Å². The molecule has 6 heteroatoms. The van der Waals surface area contributed by atoms with Crippen molar-refractivity contribution in [2.45, 2.75) is 58.9 Å². The van der Waals surface area contributed by atoms with E-state index < -0.39 is 0 Å². The van der Waals surface area contributed by atoms with E-state index in [0.29, 0.717) is 18.9 Å². The van der Waals surface area contributed by atoms with Gasteiger partial charge in [-0.25, -0.2) is 4.98 Å². The Morgan fingerprint density at radius 3 is 2.53 bits per heavy atom. The lowest BCUT2D eigenvalue weighted by atomic mass is 10.1. The quantitative estimate of drug-likeness (QED) is 0.186. The molecule has 0 unspecified atom stereocenters. The lowest BCUT2D eigenvalue weighted by Crippen LogP contribution is -2.29. The van der Waals surface area contributed by atoms with E-state index in [1.165, 1.54) is 16.6 Å². The van der Waals surface area contributed by atoms with Crippen LogP contribution in [0.5, 0.6) is 11.5 Å². The van der Waals surface area contributed by atoms with Crippen molar-refractivity contribution in [3.63, 3.8) is 0 Å². The third-order valence-corrected chi connectivity index (χ3v) is 6.61. The number of hydrogen-bond donors (Lipinski definition) is 1. The second kappa shape index (κ2) is 14.2. The van der Waals surface area contributed by atoms with Gasteiger partial charge in [-0.2, -0.15) is 0 Å². The molecule has 0 aliphatic heterocycles. The van der Waals surface area contributed by atoms with Crippen LogP contribution in [0.15, 0.2) is 72.8 Å². The molecule has 38 heavy (non-hydrogen) atoms. The minimum atomic E-state index is -0.0860. The van der Waals surface area contributed by atoms with E-state index in [4.69, 9.17) is 14.5 Å². The van der Waals surface area contributed by atoms with E-state index in [0.717, 1.165) is 62.2 Å². The number of hydrogen-bond acceptors (Lipinski definition) is 4. The maximum atomic E-state index is 12.0. The summed E-state index contributed by atoms with van der Waals surface area (Å²) in [4.78, 5) is 16.9. The largest absolute Gasteiger partial charge is 0.493 e. The lowest BCUT2D eigenvalue weighted by molar-refractivity contribution is -0.123. The molecule has 0 bridgehead atoms. The Kier molecular flexibility index (Phi) is 10.2. The van der Waals surface area contributed by atoms with Crippen molar-refractivity contribution in [2.24, 2.45) is 0 Å². The monoisotopic (exact) mass is 513 g/mol. The van der Waals surface area contributed by atoms with Gasteiger partial charge in [0.15, 0.2) is 6.61 Å². The van der Waals surface area contributed by atoms with Gasteiger partial charge in [-0.1, -0.05) is 54.4 Å². The first-order valence-corrected chi connectivity index (χ1v) is 13.7. The highest BCUT2D eigenvalue weighted by molar-refractivity contribution is 5.77. The zero-order valence-electron chi connectivity index (χ0n) is 22.6. The number of fused-ring (bicyclic) bond motifs is 1. The van der Waals surface area contributed by atoms with E-state index in [1.54, 1.807) is 0 Å². The summed E-state index contributed by atoms with van der Waals surface area (Å²) in [7, 11) is 0. The molecule has 0 atom stereocenters. The summed E-state index contributed by atoms with van der Waals surface area (Å²) < 4.78 is 13.9. The molecule has 0 aliphatic rings. The molecule has 1 amide bonds. The SMILES string of the molecule is Cc1ccc(OCCCCn2c(CCCCCNC(=O)COc3ccccc3)nc3ccccc32)c(C)c1. The van der Waals surface area contributed by atoms with Crippen LogP contribution in [0.3, 0.4) is 0 Å². The Morgan fingerprint density at radius 2 is 1.68 bits per heavy atom. The smallest absolute Gasteiger partial charge is 0.257 e. The summed E-state index contributed by atoms with van der Waals surface area (Å²) in [5.74, 6) is 2.74. The summed E-state index contributed by atoms with van der Waals surface area (Å²) in [6.07, 6.45) is 5.97. The third kappa shape index (κ3) is 8.10. The second-order valence-corrected chi connectivity index (χ2v) is 9.76. The lowest BCUT2D eigenvalue weighted by Gasteiger charge is -2.12. The number of para-hydroxylation sites is 3. The molecule has 1 heterocycles. The molecule has 0 radical (unpaired) electrons. The molecule has 0 aliphatic carbocycles. The van der Waals surface area contributed by atoms with Gasteiger partial charge in [0.05, 0.1) is 17.6 Å². The third-order valence-electron chi connectivity index (χ3n) is 6.61. The minimum absolute atomic E-state index is 0.0453. The second-order valence-electron chi connectivity index (χ2n) is 9.76. The number of unbranched alkanes of at least 4 members (excludes halogenated alkanes) is 3. The molecule has 1 aromatic heterocycles. The number of amides is 1. The zero-order valence-corrected chi connectivity index (χ0v) is 22.6. The average Bonchev–Trinajstić information content (AvgIpc) is 3.28. The number of carbonyl (C=O) groups is 1. The van der Waals surface area contributed by atoms with Crippen LogP contribution in [0, 0.1) is 13.8 Å². The first kappa shape index (κ1) is 27.2. The highest BCUT2D eigenvalue weighted by Crippen LogP contribution is 2.21. The molecule has 0 fully saturated rings. The molecule has 4 rings (SSSR count). The van der Waals surface area contributed by atoms with Crippen LogP contribution < -0.4 is 14.8 Å². The molecule has 200 valence electrons. The molecule has 3 aromatic carbocycles. The Labute approximate surface area is 226 Å². The van der Waals surface area contributed by atoms with Gasteiger partial charge < -0.3 is 19.4 Å². The molecule has 4 aromatic rings. The van der Waals surface area contributed by atoms with Crippen LogP contribution in [-0.4, -0.2) is 35.2 Å². The van der Waals surface area contributed by atoms with Crippen molar-refractivity contribution in [3.8, 4) is 11.5 Å². The van der Waals surface area contributed by atoms with Gasteiger partial charge in [0, 0.05) is 19.5 Å². The maximum Gasteiger partial charge on any atom is 0.257 e. The number of nitrogens with one attached hydrogen (secondary N) is 1. The number of nitrogens with zero attached hydrogens (tertiary/aromatic N) is 2. The van der Waals surface area contributed by atoms with Gasteiger partial charge in [0.25, 0.3) is 5.91 Å². The molecule has 6 nitrogen and oxygen atoms in total. The van der Waals surface area contributed by atoms with Crippen LogP contribution in [0.25, 0.3) is 11.0 Å². The Balaban J connectivity index is 1.17. The summed E-state index contributed by atoms with van der Waals surface area (Å²) in [6.45, 7) is 6.56. The van der Waals surface area contributed by atoms with E-state index in [2.05, 4.69) is 60.1 Å². The number of benzene rings is 3. The highest BCUT2D eigenvalue weighted by Gasteiger charge is 2.10. The Hall–Kier alpha value is -3.80. The standard InChI is InChI=1S/C32H39N3O3/c1-25-18-19-30(26(2)23-25)37-22-12-11-21-35-29-16-9-8-15-28(29)34-31(35)17-7-4-10-20-33-32(36)24-38-27-13-5-3-6-14-27/h3,5-6,8-9,13-16,18-19,23H,4,7,10-12,17,20-22,24H2,1-2H3,(H,33,36). The molecule has 1 N–H and O–H groups in total. The Morgan fingerprint density at radius 1 is 0.868 bits per heavy atom. The fourth-order valence-electron chi connectivity index (χ4n) is 4.61. The van der Waals surface area contributed by atoms with Gasteiger partial charge >= 0.3 is 0 Å². The van der Waals surface area contributed by atoms with Gasteiger partial charge in [0.2, 0.25) is 0 Å². The maximum absolute atomic E-state index is 12.0. The van der Waals surface area contributed by atoms with Crippen molar-refractivity contribution < 1.29 is 14.3 Å². The van der Waals surface area contributed by atoms with E-state index in [9.17, 15) is 4.79 Å². The number of carbonyl (C=O) groups excluding carboxylic acids is 1. The van der Waals surface area contributed by atoms with Crippen LogP contribution in [0.1, 0.15) is 49.1 Å². The number of imidazole rings is 1. The van der Waals surface area contributed by atoms with Gasteiger partial charge in [-0.15, -0.1) is 0 Å². The number of aromatic nitrogens is 2. The van der Waals surface area contributed by atoms with Crippen LogP contribution >= 0.6 is 0 Å². The highest BCUT2D eigenvalue weighted by atomic mass is 16.5. The Bertz CT molecular complexity index is 1300. The predicted molar refractivity (Wildman–Crippen MR) is 153 cm³/mol. The summed E-state index contributed by atoms with van der Waals surface area (Å²) in [5, 5.41) is 2.95. The summed E-state index contributed by atoms with van der Waals surface area (Å²) in [6, 6.07) is 24.1. The van der Waals surface area contributed by atoms with Gasteiger partial charge in [-0.3, -0.25) is 4.79 Å². The molecule has 0 saturated carbocycles. The van der Waals surface area contributed by atoms with Crippen LogP contribution in [0.4, 0.5) is 0 Å². The number of rotatable bonds is 15. The molecular weight excluding hydrogens is 474 g/mol. The average molecular weight is 514 g/mol. The first-order valence-electron chi connectivity index (χ1n) is 13.7. The zero-order chi connectivity index (χ0) is 26.6. The normalized spacial score (nSPS) is 11.0. The number of aryl methyl sites for hydroxylation is 4. The van der Waals surface area contributed by atoms with E-state index >= 15 is 0 Å². The van der Waals surface area contributed by atoms with Crippen molar-refractivity contribution in [2.75, 3.05) is 19.8 Å². The summed E-state index contributed by atoms with van der Waals surface area (Å²) >= 11 is 0. The summed E-state index contributed by atoms with van der Waals surface area (Å²) in [5.41, 5.74) is 4.70. The van der Waals surface area contributed by atoms with Crippen molar-refractivity contribution in [1.29, 1.82) is 0 Å². The van der Waals surface area contributed by atoms with Crippen LogP contribution in [0.2, 0.25) is 0 Å².